The van der Waals surface area contributed by atoms with Gasteiger partial charge in [0.05, 0.1) is 5.69 Å². The van der Waals surface area contributed by atoms with E-state index < -0.39 is 5.78 Å². The molecule has 118 valence electrons. The maximum atomic E-state index is 12.8. The number of furan rings is 1. The number of aryl methyl sites for hydroxylation is 1. The van der Waals surface area contributed by atoms with Crippen LogP contribution in [-0.4, -0.2) is 15.6 Å². The highest BCUT2D eigenvalue weighted by molar-refractivity contribution is 6.09. The number of aromatic amines is 1. The molecule has 0 saturated carbocycles. The molecule has 4 rings (SSSR count). The highest BCUT2D eigenvalue weighted by Gasteiger charge is 2.23. The van der Waals surface area contributed by atoms with E-state index in [4.69, 9.17) is 4.42 Å². The highest BCUT2D eigenvalue weighted by atomic mass is 16.3. The molecule has 0 aliphatic rings. The lowest BCUT2D eigenvalue weighted by molar-refractivity contribution is 0.101. The Morgan fingerprint density at radius 1 is 1.04 bits per heavy atom. The standard InChI is InChI=1S/C19H14N2O3/c1-12-17(19(23)21(20-12)14-8-3-2-4-9-14)18(22)16-11-13-7-5-6-10-15(13)24-16/h2-11,20H,1H3. The van der Waals surface area contributed by atoms with Crippen molar-refractivity contribution in [3.63, 3.8) is 0 Å². The molecule has 0 saturated heterocycles. The van der Waals surface area contributed by atoms with Crippen LogP contribution < -0.4 is 5.56 Å². The number of ketones is 1. The van der Waals surface area contributed by atoms with Gasteiger partial charge in [-0.15, -0.1) is 0 Å². The minimum atomic E-state index is -0.417. The summed E-state index contributed by atoms with van der Waals surface area (Å²) < 4.78 is 6.96. The minimum absolute atomic E-state index is 0.0953. The Morgan fingerprint density at radius 3 is 2.50 bits per heavy atom. The molecule has 0 amide bonds. The first-order valence-corrected chi connectivity index (χ1v) is 7.55. The van der Waals surface area contributed by atoms with E-state index in [1.54, 1.807) is 31.2 Å². The quantitative estimate of drug-likeness (QED) is 0.588. The topological polar surface area (TPSA) is 68.0 Å². The lowest BCUT2D eigenvalue weighted by atomic mass is 10.1. The van der Waals surface area contributed by atoms with Gasteiger partial charge < -0.3 is 4.42 Å². The van der Waals surface area contributed by atoms with Crippen molar-refractivity contribution in [2.24, 2.45) is 0 Å². The molecular weight excluding hydrogens is 304 g/mol. The summed E-state index contributed by atoms with van der Waals surface area (Å²) >= 11 is 0. The van der Waals surface area contributed by atoms with Crippen LogP contribution in [0, 0.1) is 6.92 Å². The zero-order valence-electron chi connectivity index (χ0n) is 12.9. The molecule has 24 heavy (non-hydrogen) atoms. The summed E-state index contributed by atoms with van der Waals surface area (Å²) in [6.45, 7) is 1.71. The molecule has 5 heteroatoms. The van der Waals surface area contributed by atoms with Crippen molar-refractivity contribution >= 4 is 16.8 Å². The number of rotatable bonds is 3. The van der Waals surface area contributed by atoms with Gasteiger partial charge >= 0.3 is 0 Å². The van der Waals surface area contributed by atoms with Crippen molar-refractivity contribution in [1.29, 1.82) is 0 Å². The van der Waals surface area contributed by atoms with Crippen molar-refractivity contribution < 1.29 is 9.21 Å². The number of nitrogens with zero attached hydrogens (tertiary/aromatic N) is 1. The first-order chi connectivity index (χ1) is 11.6. The van der Waals surface area contributed by atoms with Gasteiger partial charge in [-0.3, -0.25) is 14.7 Å². The van der Waals surface area contributed by atoms with E-state index in [0.717, 1.165) is 5.39 Å². The predicted octanol–water partition coefficient (Wildman–Crippen LogP) is 3.45. The molecule has 2 heterocycles. The molecule has 0 radical (unpaired) electrons. The Balaban J connectivity index is 1.83. The lowest BCUT2D eigenvalue weighted by Gasteiger charge is -1.99. The average molecular weight is 318 g/mol. The molecule has 1 N–H and O–H groups in total. The van der Waals surface area contributed by atoms with E-state index in [1.165, 1.54) is 4.68 Å². The summed E-state index contributed by atoms with van der Waals surface area (Å²) in [6, 6.07) is 18.2. The molecule has 4 aromatic rings. The fourth-order valence-electron chi connectivity index (χ4n) is 2.79. The fraction of sp³-hybridized carbons (Fsp3) is 0.0526. The highest BCUT2D eigenvalue weighted by Crippen LogP contribution is 2.21. The Kier molecular flexibility index (Phi) is 3.20. The Labute approximate surface area is 137 Å². The second-order valence-corrected chi connectivity index (χ2v) is 5.57. The summed E-state index contributed by atoms with van der Waals surface area (Å²) in [5.41, 5.74) is 1.52. The van der Waals surface area contributed by atoms with Gasteiger partial charge in [-0.25, -0.2) is 4.68 Å². The van der Waals surface area contributed by atoms with Crippen LogP contribution in [0.25, 0.3) is 16.7 Å². The molecular formula is C19H14N2O3. The van der Waals surface area contributed by atoms with Crippen LogP contribution in [0.3, 0.4) is 0 Å². The number of aromatic nitrogens is 2. The maximum absolute atomic E-state index is 12.8. The summed E-state index contributed by atoms with van der Waals surface area (Å²) in [6.07, 6.45) is 0. The second-order valence-electron chi connectivity index (χ2n) is 5.57. The van der Waals surface area contributed by atoms with Gasteiger partial charge in [0.15, 0.2) is 5.76 Å². The summed E-state index contributed by atoms with van der Waals surface area (Å²) in [7, 11) is 0. The number of hydrogen-bond acceptors (Lipinski definition) is 3. The molecule has 0 spiro atoms. The third-order valence-corrected chi connectivity index (χ3v) is 3.96. The number of fused-ring (bicyclic) bond motifs is 1. The molecule has 0 bridgehead atoms. The number of carbonyl (C=O) groups excluding carboxylic acids is 1. The van der Waals surface area contributed by atoms with Gasteiger partial charge in [0.1, 0.15) is 11.1 Å². The van der Waals surface area contributed by atoms with Crippen molar-refractivity contribution in [2.45, 2.75) is 6.92 Å². The predicted molar refractivity (Wildman–Crippen MR) is 90.8 cm³/mol. The van der Waals surface area contributed by atoms with E-state index >= 15 is 0 Å². The smallest absolute Gasteiger partial charge is 0.282 e. The second kappa shape index (κ2) is 5.38. The number of H-pyrrole nitrogens is 1. The van der Waals surface area contributed by atoms with E-state index in [-0.39, 0.29) is 16.9 Å². The van der Waals surface area contributed by atoms with Crippen LogP contribution in [0.4, 0.5) is 0 Å². The molecule has 0 aliphatic carbocycles. The zero-order chi connectivity index (χ0) is 16.7. The molecule has 0 fully saturated rings. The summed E-state index contributed by atoms with van der Waals surface area (Å²) in [5.74, 6) is -0.254. The van der Waals surface area contributed by atoms with Crippen LogP contribution in [-0.2, 0) is 0 Å². The molecule has 0 atom stereocenters. The van der Waals surface area contributed by atoms with Crippen molar-refractivity contribution in [3.8, 4) is 5.69 Å². The average Bonchev–Trinajstić information content (AvgIpc) is 3.16. The largest absolute Gasteiger partial charge is 0.453 e. The Morgan fingerprint density at radius 2 is 1.75 bits per heavy atom. The summed E-state index contributed by atoms with van der Waals surface area (Å²) in [5, 5.41) is 3.79. The van der Waals surface area contributed by atoms with Crippen molar-refractivity contribution in [2.75, 3.05) is 0 Å². The van der Waals surface area contributed by atoms with Gasteiger partial charge in [0.25, 0.3) is 5.56 Å². The maximum Gasteiger partial charge on any atom is 0.282 e. The lowest BCUT2D eigenvalue weighted by Crippen LogP contribution is -2.20. The van der Waals surface area contributed by atoms with Crippen LogP contribution in [0.2, 0.25) is 0 Å². The number of para-hydroxylation sites is 2. The monoisotopic (exact) mass is 318 g/mol. The van der Waals surface area contributed by atoms with Crippen LogP contribution in [0.5, 0.6) is 0 Å². The van der Waals surface area contributed by atoms with Crippen molar-refractivity contribution in [1.82, 2.24) is 9.78 Å². The normalized spacial score (nSPS) is 11.0. The van der Waals surface area contributed by atoms with Gasteiger partial charge in [-0.05, 0) is 31.2 Å². The fourth-order valence-corrected chi connectivity index (χ4v) is 2.79. The minimum Gasteiger partial charge on any atom is -0.453 e. The SMILES string of the molecule is Cc1[nH]n(-c2ccccc2)c(=O)c1C(=O)c1cc2ccccc2o1. The van der Waals surface area contributed by atoms with Crippen molar-refractivity contribution in [3.05, 3.63) is 88.0 Å². The van der Waals surface area contributed by atoms with Gasteiger partial charge in [0.2, 0.25) is 5.78 Å². The van der Waals surface area contributed by atoms with Crippen LogP contribution in [0.15, 0.2) is 69.9 Å². The molecule has 2 aromatic heterocycles. The molecule has 0 aliphatic heterocycles. The van der Waals surface area contributed by atoms with E-state index in [2.05, 4.69) is 5.10 Å². The number of hydrogen-bond donors (Lipinski definition) is 1. The molecule has 2 aromatic carbocycles. The third kappa shape index (κ3) is 2.18. The number of benzene rings is 2. The number of carbonyl (C=O) groups is 1. The van der Waals surface area contributed by atoms with E-state index in [1.807, 2.05) is 36.4 Å². The first kappa shape index (κ1) is 14.3. The first-order valence-electron chi connectivity index (χ1n) is 7.55. The third-order valence-electron chi connectivity index (χ3n) is 3.96. The van der Waals surface area contributed by atoms with Gasteiger partial charge in [0, 0.05) is 11.1 Å². The zero-order valence-corrected chi connectivity index (χ0v) is 12.9. The Hall–Kier alpha value is -3.34. The van der Waals surface area contributed by atoms with Crippen LogP contribution in [0.1, 0.15) is 21.8 Å². The summed E-state index contributed by atoms with van der Waals surface area (Å²) in [4.78, 5) is 25.5. The molecule has 5 nitrogen and oxygen atoms in total. The molecule has 0 unspecified atom stereocenters. The Bertz CT molecular complexity index is 1070. The van der Waals surface area contributed by atoms with E-state index in [9.17, 15) is 9.59 Å². The number of nitrogens with one attached hydrogen (secondary N) is 1. The van der Waals surface area contributed by atoms with Gasteiger partial charge in [-0.2, -0.15) is 0 Å². The van der Waals surface area contributed by atoms with E-state index in [0.29, 0.717) is 17.0 Å². The van der Waals surface area contributed by atoms with Gasteiger partial charge in [-0.1, -0.05) is 36.4 Å². The van der Waals surface area contributed by atoms with Crippen LogP contribution >= 0.6 is 0 Å².